The number of hydrogen-bond acceptors (Lipinski definition) is 5. The summed E-state index contributed by atoms with van der Waals surface area (Å²) in [5.74, 6) is 1.44. The number of fused-ring (bicyclic) bond motifs is 1. The van der Waals surface area contributed by atoms with E-state index in [0.29, 0.717) is 32.7 Å². The minimum absolute atomic E-state index is 0.159. The molecule has 1 N–H and O–H groups in total. The number of ether oxygens (including phenoxy) is 3. The van der Waals surface area contributed by atoms with Crippen LogP contribution in [0.25, 0.3) is 10.9 Å². The number of aliphatic carboxylic acids is 1. The van der Waals surface area contributed by atoms with Crippen molar-refractivity contribution in [1.29, 1.82) is 0 Å². The number of hydrogen-bond donors (Lipinski definition) is 1. The third kappa shape index (κ3) is 6.72. The first-order valence-corrected chi connectivity index (χ1v) is 11.3. The van der Waals surface area contributed by atoms with Gasteiger partial charge in [-0.05, 0) is 55.3 Å². The summed E-state index contributed by atoms with van der Waals surface area (Å²) < 4.78 is 17.6. The maximum atomic E-state index is 10.6. The van der Waals surface area contributed by atoms with Crippen molar-refractivity contribution in [3.05, 3.63) is 96.2 Å². The average Bonchev–Trinajstić information content (AvgIpc) is 2.87. The van der Waals surface area contributed by atoms with Crippen LogP contribution in [0.1, 0.15) is 30.5 Å². The number of carboxylic acid groups (broad SMARTS) is 1. The van der Waals surface area contributed by atoms with Crippen LogP contribution in [0.2, 0.25) is 0 Å². The van der Waals surface area contributed by atoms with Gasteiger partial charge in [0.25, 0.3) is 0 Å². The molecule has 0 amide bonds. The van der Waals surface area contributed by atoms with Crippen molar-refractivity contribution >= 4 is 16.9 Å². The van der Waals surface area contributed by atoms with Crippen molar-refractivity contribution in [1.82, 2.24) is 4.98 Å². The minimum atomic E-state index is -0.782. The monoisotopic (exact) mass is 457 g/mol. The van der Waals surface area contributed by atoms with Gasteiger partial charge in [-0.15, -0.1) is 0 Å². The van der Waals surface area contributed by atoms with E-state index in [1.165, 1.54) is 0 Å². The Kier molecular flexibility index (Phi) is 7.95. The van der Waals surface area contributed by atoms with Gasteiger partial charge in [0.05, 0.1) is 17.8 Å². The molecular weight excluding hydrogens is 430 g/mol. The molecular formula is C28H27NO5. The quantitative estimate of drug-likeness (QED) is 0.262. The average molecular weight is 458 g/mol. The molecule has 0 aliphatic rings. The zero-order valence-electron chi connectivity index (χ0n) is 18.9. The molecule has 1 heterocycles. The third-order valence-corrected chi connectivity index (χ3v) is 5.28. The summed E-state index contributed by atoms with van der Waals surface area (Å²) in [6.07, 6.45) is 1.45. The Bertz CT molecular complexity index is 1220. The molecule has 6 heteroatoms. The molecule has 6 nitrogen and oxygen atoms in total. The van der Waals surface area contributed by atoms with E-state index in [2.05, 4.69) is 11.1 Å². The normalized spacial score (nSPS) is 10.7. The van der Waals surface area contributed by atoms with Crippen molar-refractivity contribution in [2.45, 2.75) is 32.5 Å². The molecule has 0 bridgehead atoms. The lowest BCUT2D eigenvalue weighted by Crippen LogP contribution is -2.04. The molecule has 0 fully saturated rings. The van der Waals surface area contributed by atoms with E-state index in [-0.39, 0.29) is 6.42 Å². The summed E-state index contributed by atoms with van der Waals surface area (Å²) in [6, 6.07) is 27.2. The van der Waals surface area contributed by atoms with Crippen LogP contribution < -0.4 is 14.2 Å². The molecule has 0 spiro atoms. The van der Waals surface area contributed by atoms with Crippen LogP contribution in [0.5, 0.6) is 17.2 Å². The van der Waals surface area contributed by atoms with Crippen LogP contribution in [0.4, 0.5) is 0 Å². The molecule has 3 aromatic carbocycles. The van der Waals surface area contributed by atoms with Gasteiger partial charge in [0.15, 0.2) is 0 Å². The second-order valence-corrected chi connectivity index (χ2v) is 7.85. The molecule has 0 atom stereocenters. The Morgan fingerprint density at radius 1 is 0.735 bits per heavy atom. The molecule has 0 saturated heterocycles. The largest absolute Gasteiger partial charge is 0.493 e. The van der Waals surface area contributed by atoms with E-state index in [1.807, 2.05) is 78.9 Å². The number of carboxylic acids is 1. The smallest absolute Gasteiger partial charge is 0.303 e. The van der Waals surface area contributed by atoms with Crippen molar-refractivity contribution in [2.75, 3.05) is 6.61 Å². The van der Waals surface area contributed by atoms with Gasteiger partial charge in [0.1, 0.15) is 30.5 Å². The van der Waals surface area contributed by atoms with Gasteiger partial charge < -0.3 is 19.3 Å². The van der Waals surface area contributed by atoms with Crippen LogP contribution in [-0.4, -0.2) is 22.7 Å². The number of aromatic nitrogens is 1. The predicted molar refractivity (Wildman–Crippen MR) is 130 cm³/mol. The number of pyridine rings is 1. The highest BCUT2D eigenvalue weighted by Crippen LogP contribution is 2.23. The fraction of sp³-hybridized carbons (Fsp3) is 0.214. The summed E-state index contributed by atoms with van der Waals surface area (Å²) in [4.78, 5) is 15.2. The Balaban J connectivity index is 1.26. The van der Waals surface area contributed by atoms with E-state index in [0.717, 1.165) is 39.4 Å². The highest BCUT2D eigenvalue weighted by Gasteiger charge is 2.06. The fourth-order valence-corrected chi connectivity index (χ4v) is 3.46. The van der Waals surface area contributed by atoms with Crippen molar-refractivity contribution in [3.8, 4) is 17.2 Å². The summed E-state index contributed by atoms with van der Waals surface area (Å²) in [6.45, 7) is 1.23. The lowest BCUT2D eigenvalue weighted by molar-refractivity contribution is -0.137. The molecule has 174 valence electrons. The van der Waals surface area contributed by atoms with Crippen LogP contribution in [0, 0.1) is 0 Å². The maximum absolute atomic E-state index is 10.6. The van der Waals surface area contributed by atoms with Crippen molar-refractivity contribution in [3.63, 3.8) is 0 Å². The Morgan fingerprint density at radius 3 is 2.24 bits per heavy atom. The molecule has 0 aliphatic carbocycles. The lowest BCUT2D eigenvalue weighted by Gasteiger charge is -2.13. The number of nitrogens with zero attached hydrogens (tertiary/aromatic N) is 1. The molecule has 0 unspecified atom stereocenters. The molecule has 1 aromatic heterocycles. The highest BCUT2D eigenvalue weighted by atomic mass is 16.5. The second-order valence-electron chi connectivity index (χ2n) is 7.85. The lowest BCUT2D eigenvalue weighted by atomic mass is 10.2. The molecule has 4 rings (SSSR count). The van der Waals surface area contributed by atoms with Gasteiger partial charge in [0, 0.05) is 17.4 Å². The zero-order chi connectivity index (χ0) is 23.6. The molecule has 4 aromatic rings. The number of benzene rings is 3. The van der Waals surface area contributed by atoms with Gasteiger partial charge in [-0.2, -0.15) is 0 Å². The SMILES string of the molecule is O=C(O)CCCCOc1ccccc1COc1ccc(OCc2ccc3ccccc3n2)cc1. The van der Waals surface area contributed by atoms with E-state index in [9.17, 15) is 4.79 Å². The first-order valence-electron chi connectivity index (χ1n) is 11.3. The van der Waals surface area contributed by atoms with Gasteiger partial charge in [0.2, 0.25) is 0 Å². The van der Waals surface area contributed by atoms with Crippen LogP contribution in [-0.2, 0) is 18.0 Å². The summed E-state index contributed by atoms with van der Waals surface area (Å²) in [5.41, 5.74) is 2.76. The Hall–Kier alpha value is -4.06. The van der Waals surface area contributed by atoms with Crippen LogP contribution in [0.15, 0.2) is 84.9 Å². The summed E-state index contributed by atoms with van der Waals surface area (Å²) >= 11 is 0. The van der Waals surface area contributed by atoms with Gasteiger partial charge in [-0.3, -0.25) is 4.79 Å². The Morgan fingerprint density at radius 2 is 1.44 bits per heavy atom. The van der Waals surface area contributed by atoms with E-state index >= 15 is 0 Å². The number of unbranched alkanes of at least 4 members (excludes halogenated alkanes) is 1. The summed E-state index contributed by atoms with van der Waals surface area (Å²) in [5, 5.41) is 9.83. The topological polar surface area (TPSA) is 77.9 Å². The van der Waals surface area contributed by atoms with Crippen molar-refractivity contribution < 1.29 is 24.1 Å². The van der Waals surface area contributed by atoms with E-state index < -0.39 is 5.97 Å². The predicted octanol–water partition coefficient (Wildman–Crippen LogP) is 6.03. The zero-order valence-corrected chi connectivity index (χ0v) is 18.9. The van der Waals surface area contributed by atoms with Crippen molar-refractivity contribution in [2.24, 2.45) is 0 Å². The van der Waals surface area contributed by atoms with Gasteiger partial charge in [-0.1, -0.05) is 42.5 Å². The number of para-hydroxylation sites is 2. The van der Waals surface area contributed by atoms with Crippen LogP contribution in [0.3, 0.4) is 0 Å². The molecule has 34 heavy (non-hydrogen) atoms. The van der Waals surface area contributed by atoms with E-state index in [1.54, 1.807) is 0 Å². The fourth-order valence-electron chi connectivity index (χ4n) is 3.46. The van der Waals surface area contributed by atoms with Crippen LogP contribution >= 0.6 is 0 Å². The van der Waals surface area contributed by atoms with E-state index in [4.69, 9.17) is 19.3 Å². The number of rotatable bonds is 12. The third-order valence-electron chi connectivity index (χ3n) is 5.28. The van der Waals surface area contributed by atoms with Gasteiger partial charge >= 0.3 is 5.97 Å². The van der Waals surface area contributed by atoms with Gasteiger partial charge in [-0.25, -0.2) is 4.98 Å². The molecule has 0 radical (unpaired) electrons. The standard InChI is InChI=1S/C28H27NO5/c30-28(31)11-5-6-18-32-27-10-4-2-8-22(27)19-33-24-14-16-25(17-15-24)34-20-23-13-12-21-7-1-3-9-26(21)29-23/h1-4,7-10,12-17H,5-6,11,18-20H2,(H,30,31). The summed E-state index contributed by atoms with van der Waals surface area (Å²) in [7, 11) is 0. The first kappa shape index (κ1) is 23.1. The second kappa shape index (κ2) is 11.7. The highest BCUT2D eigenvalue weighted by molar-refractivity contribution is 5.78. The minimum Gasteiger partial charge on any atom is -0.493 e. The molecule has 0 aliphatic heterocycles. The number of carbonyl (C=O) groups is 1. The maximum Gasteiger partial charge on any atom is 0.303 e. The first-order chi connectivity index (χ1) is 16.7. The Labute approximate surface area is 198 Å². The molecule has 0 saturated carbocycles.